The van der Waals surface area contributed by atoms with Crippen LogP contribution in [0.15, 0.2) is 66.7 Å². The maximum atomic E-state index is 12.5. The third kappa shape index (κ3) is 6.28. The molecule has 204 valence electrons. The fourth-order valence-corrected chi connectivity index (χ4v) is 5.92. The highest BCUT2D eigenvalue weighted by Crippen LogP contribution is 2.46. The molecular weight excluding hydrogens is 519 g/mol. The molecule has 0 bridgehead atoms. The van der Waals surface area contributed by atoms with Crippen molar-refractivity contribution in [2.24, 2.45) is 11.3 Å². The summed E-state index contributed by atoms with van der Waals surface area (Å²) in [6.45, 7) is 6.77. The molecule has 0 radical (unpaired) electrons. The fraction of sp³-hybridized carbons (Fsp3) is 0.333. The Morgan fingerprint density at radius 3 is 2.56 bits per heavy atom. The molecule has 1 amide bonds. The molecule has 0 aliphatic heterocycles. The second kappa shape index (κ2) is 11.1. The zero-order valence-corrected chi connectivity index (χ0v) is 23.0. The van der Waals surface area contributed by atoms with Gasteiger partial charge in [0, 0.05) is 22.3 Å². The zero-order valence-electron chi connectivity index (χ0n) is 22.2. The van der Waals surface area contributed by atoms with Crippen LogP contribution in [0.2, 0.25) is 5.02 Å². The number of fused-ring (bicyclic) bond motifs is 1. The van der Waals surface area contributed by atoms with Crippen LogP contribution in [0.4, 0.5) is 21.8 Å². The van der Waals surface area contributed by atoms with Crippen LogP contribution in [0.25, 0.3) is 11.0 Å². The molecule has 1 aliphatic carbocycles. The van der Waals surface area contributed by atoms with Crippen molar-refractivity contribution < 1.29 is 19.0 Å². The Bertz CT molecular complexity index is 1470. The molecule has 5 rings (SSSR count). The van der Waals surface area contributed by atoms with E-state index in [2.05, 4.69) is 40.9 Å². The summed E-state index contributed by atoms with van der Waals surface area (Å²) in [7, 11) is 0. The minimum Gasteiger partial charge on any atom is -0.484 e. The van der Waals surface area contributed by atoms with Crippen LogP contribution in [0, 0.1) is 11.3 Å². The first kappa shape index (κ1) is 26.8. The van der Waals surface area contributed by atoms with E-state index in [-0.39, 0.29) is 29.7 Å². The lowest BCUT2D eigenvalue weighted by Gasteiger charge is -2.40. The first-order valence-corrected chi connectivity index (χ1v) is 13.4. The largest absolute Gasteiger partial charge is 0.484 e. The predicted octanol–water partition coefficient (Wildman–Crippen LogP) is 8.10. The van der Waals surface area contributed by atoms with Gasteiger partial charge >= 0.3 is 0 Å². The molecule has 7 nitrogen and oxygen atoms in total. The average molecular weight is 551 g/mol. The third-order valence-corrected chi connectivity index (χ3v) is 7.44. The summed E-state index contributed by atoms with van der Waals surface area (Å²) in [5, 5.41) is 6.64. The van der Waals surface area contributed by atoms with Crippen molar-refractivity contribution >= 4 is 45.9 Å². The first-order valence-electron chi connectivity index (χ1n) is 13.1. The van der Waals surface area contributed by atoms with Crippen LogP contribution in [0.1, 0.15) is 46.1 Å². The highest BCUT2D eigenvalue weighted by molar-refractivity contribution is 6.33. The number of para-hydroxylation sites is 1. The Morgan fingerprint density at radius 2 is 1.85 bits per heavy atom. The average Bonchev–Trinajstić information content (AvgIpc) is 3.25. The van der Waals surface area contributed by atoms with Gasteiger partial charge in [0.2, 0.25) is 5.95 Å². The van der Waals surface area contributed by atoms with Crippen LogP contribution in [-0.2, 0) is 4.79 Å². The number of anilines is 3. The number of rotatable bonds is 8. The van der Waals surface area contributed by atoms with Gasteiger partial charge in [-0.15, -0.1) is 0 Å². The second-order valence-corrected chi connectivity index (χ2v) is 11.5. The van der Waals surface area contributed by atoms with E-state index in [1.54, 1.807) is 48.5 Å². The topological polar surface area (TPSA) is 77.4 Å². The van der Waals surface area contributed by atoms with E-state index in [1.165, 1.54) is 6.42 Å². The molecule has 3 aromatic carbocycles. The summed E-state index contributed by atoms with van der Waals surface area (Å²) in [5.41, 5.74) is 3.23. The monoisotopic (exact) mass is 550 g/mol. The number of ether oxygens (including phenoxy) is 1. The molecule has 2 atom stereocenters. The minimum absolute atomic E-state index is 0.136. The molecule has 2 N–H and O–H groups in total. The molecule has 39 heavy (non-hydrogen) atoms. The molecule has 4 aromatic rings. The smallest absolute Gasteiger partial charge is 0.262 e. The van der Waals surface area contributed by atoms with Crippen molar-refractivity contribution in [2.75, 3.05) is 17.2 Å². The quantitative estimate of drug-likeness (QED) is 0.232. The molecule has 1 aromatic heterocycles. The number of nitrogens with zero attached hydrogens (tertiary/aromatic N) is 2. The highest BCUT2D eigenvalue weighted by Gasteiger charge is 2.34. The van der Waals surface area contributed by atoms with Crippen molar-refractivity contribution in [3.05, 3.63) is 71.8 Å². The Balaban J connectivity index is 1.41. The van der Waals surface area contributed by atoms with Crippen molar-refractivity contribution in [3.63, 3.8) is 0 Å². The predicted molar refractivity (Wildman–Crippen MR) is 153 cm³/mol. The molecule has 1 aliphatic rings. The third-order valence-electron chi connectivity index (χ3n) is 7.11. The van der Waals surface area contributed by atoms with Crippen LogP contribution in [-0.4, -0.2) is 22.1 Å². The molecule has 0 unspecified atom stereocenters. The lowest BCUT2D eigenvalue weighted by molar-refractivity contribution is -0.118. The summed E-state index contributed by atoms with van der Waals surface area (Å²) in [4.78, 5) is 21.2. The number of amides is 1. The maximum Gasteiger partial charge on any atom is 0.262 e. The van der Waals surface area contributed by atoms with Crippen molar-refractivity contribution in [1.29, 1.82) is 0 Å². The molecule has 1 saturated carbocycles. The van der Waals surface area contributed by atoms with Gasteiger partial charge in [0.05, 0.1) is 21.7 Å². The normalized spacial score (nSPS) is 18.5. The van der Waals surface area contributed by atoms with Gasteiger partial charge in [0.1, 0.15) is 5.75 Å². The van der Waals surface area contributed by atoms with E-state index in [1.807, 2.05) is 18.2 Å². The number of benzene rings is 3. The van der Waals surface area contributed by atoms with E-state index < -0.39 is 0 Å². The maximum absolute atomic E-state index is 12.5. The summed E-state index contributed by atoms with van der Waals surface area (Å²) in [5.74, 6) is 1.63. The summed E-state index contributed by atoms with van der Waals surface area (Å²) in [6.07, 6.45) is 3.24. The molecule has 0 saturated heterocycles. The summed E-state index contributed by atoms with van der Waals surface area (Å²) in [6, 6.07) is 19.6. The Labute approximate surface area is 232 Å². The van der Waals surface area contributed by atoms with Gasteiger partial charge in [-0.2, -0.15) is 0 Å². The van der Waals surface area contributed by atoms with Crippen molar-refractivity contribution in [1.82, 2.24) is 9.55 Å². The van der Waals surface area contributed by atoms with Gasteiger partial charge in [-0.05, 0) is 79.1 Å². The second-order valence-electron chi connectivity index (χ2n) is 11.1. The van der Waals surface area contributed by atoms with E-state index in [0.29, 0.717) is 28.3 Å². The molecule has 1 heterocycles. The number of hydrogen-bond acceptors (Lipinski definition) is 5. The van der Waals surface area contributed by atoms with Gasteiger partial charge in [0.25, 0.3) is 5.91 Å². The van der Waals surface area contributed by atoms with Gasteiger partial charge < -0.3 is 19.9 Å². The molecule has 1 fully saturated rings. The lowest BCUT2D eigenvalue weighted by atomic mass is 9.70. The summed E-state index contributed by atoms with van der Waals surface area (Å²) < 4.78 is 20.6. The van der Waals surface area contributed by atoms with Gasteiger partial charge in [-0.3, -0.25) is 9.74 Å². The van der Waals surface area contributed by atoms with E-state index in [9.17, 15) is 9.32 Å². The minimum atomic E-state index is -0.310. The highest BCUT2D eigenvalue weighted by atomic mass is 35.5. The molecular formula is C30H32ClFN4O3. The fourth-order valence-electron chi connectivity index (χ4n) is 5.74. The molecule has 0 spiro atoms. The van der Waals surface area contributed by atoms with Gasteiger partial charge in [-0.1, -0.05) is 44.5 Å². The Hall–Kier alpha value is -3.78. The van der Waals surface area contributed by atoms with Crippen LogP contribution in [0.5, 0.6) is 11.5 Å². The van der Waals surface area contributed by atoms with Crippen LogP contribution in [0.3, 0.4) is 0 Å². The van der Waals surface area contributed by atoms with E-state index in [4.69, 9.17) is 21.3 Å². The number of nitrogens with one attached hydrogen (secondary N) is 2. The number of carbonyl (C=O) groups excluding carboxylic acids is 1. The number of halogens is 2. The number of hydrogen-bond donors (Lipinski definition) is 2. The lowest BCUT2D eigenvalue weighted by Crippen LogP contribution is -2.29. The standard InChI is InChI=1S/C30H32ClFN4O3/c1-19-14-21(17-30(2,3)16-19)36-27-13-12-23(38-18-28(37)34-25-7-5-4-6-24(25)31)15-26(27)35-29(36)33-20-8-10-22(39-32)11-9-20/h4-13,15,19,21H,14,16-18H2,1-3H3,(H,33,35)(H,34,37)/t19-,21+/m0/s1. The zero-order chi connectivity index (χ0) is 27.6. The molecule has 9 heteroatoms. The van der Waals surface area contributed by atoms with Gasteiger partial charge in [-0.25, -0.2) is 4.98 Å². The van der Waals surface area contributed by atoms with Crippen LogP contribution >= 0.6 is 11.6 Å². The Kier molecular flexibility index (Phi) is 7.66. The van der Waals surface area contributed by atoms with Crippen molar-refractivity contribution in [3.8, 4) is 11.5 Å². The van der Waals surface area contributed by atoms with Crippen molar-refractivity contribution in [2.45, 2.75) is 46.1 Å². The number of aromatic nitrogens is 2. The number of carbonyl (C=O) groups is 1. The number of imidazole rings is 1. The van der Waals surface area contributed by atoms with Crippen LogP contribution < -0.4 is 20.3 Å². The SMILES string of the molecule is C[C@H]1C[C@@H](n2c(Nc3ccc(OF)cc3)nc3cc(OCC(=O)Nc4ccccc4Cl)ccc32)CC(C)(C)C1. The van der Waals surface area contributed by atoms with Gasteiger partial charge in [0.15, 0.2) is 12.4 Å². The summed E-state index contributed by atoms with van der Waals surface area (Å²) >= 11 is 6.14. The van der Waals surface area contributed by atoms with E-state index >= 15 is 0 Å². The van der Waals surface area contributed by atoms with E-state index in [0.717, 1.165) is 29.6 Å². The first-order chi connectivity index (χ1) is 18.7. The Morgan fingerprint density at radius 1 is 1.10 bits per heavy atom.